The molecule has 0 aromatic carbocycles. The van der Waals surface area contributed by atoms with Crippen molar-refractivity contribution < 1.29 is 4.79 Å². The third-order valence-electron chi connectivity index (χ3n) is 4.24. The molecule has 0 unspecified atom stereocenters. The lowest BCUT2D eigenvalue weighted by Crippen LogP contribution is -2.40. The van der Waals surface area contributed by atoms with E-state index in [0.717, 1.165) is 37.9 Å². The molecule has 0 bridgehead atoms. The van der Waals surface area contributed by atoms with Crippen LogP contribution in [0.4, 0.5) is 0 Å². The van der Waals surface area contributed by atoms with Gasteiger partial charge in [0.25, 0.3) is 0 Å². The van der Waals surface area contributed by atoms with E-state index in [1.165, 1.54) is 5.56 Å². The zero-order chi connectivity index (χ0) is 15.5. The van der Waals surface area contributed by atoms with Gasteiger partial charge in [-0.15, -0.1) is 0 Å². The molecule has 3 heterocycles. The predicted octanol–water partition coefficient (Wildman–Crippen LogP) is 1.72. The Hall–Kier alpha value is -2.11. The largest absolute Gasteiger partial charge is 0.341 e. The van der Waals surface area contributed by atoms with Crippen LogP contribution in [0.5, 0.6) is 0 Å². The normalized spacial score (nSPS) is 18.6. The summed E-state index contributed by atoms with van der Waals surface area (Å²) in [6, 6.07) is 0.310. The highest BCUT2D eigenvalue weighted by atomic mass is 16.2. The summed E-state index contributed by atoms with van der Waals surface area (Å²) in [7, 11) is 1.90. The molecule has 0 radical (unpaired) electrons. The Kier molecular flexibility index (Phi) is 4.27. The van der Waals surface area contributed by atoms with Crippen LogP contribution in [0, 0.1) is 6.92 Å². The van der Waals surface area contributed by atoms with Crippen molar-refractivity contribution >= 4 is 5.91 Å². The number of carbonyl (C=O) groups excluding carboxylic acids is 1. The molecular weight excluding hydrogens is 278 g/mol. The van der Waals surface area contributed by atoms with Crippen LogP contribution in [0.15, 0.2) is 24.8 Å². The summed E-state index contributed by atoms with van der Waals surface area (Å²) >= 11 is 0. The molecule has 1 saturated heterocycles. The maximum Gasteiger partial charge on any atom is 0.222 e. The Labute approximate surface area is 130 Å². The van der Waals surface area contributed by atoms with Gasteiger partial charge in [-0.25, -0.2) is 0 Å². The number of amides is 1. The first-order chi connectivity index (χ1) is 10.6. The van der Waals surface area contributed by atoms with Crippen molar-refractivity contribution in [2.24, 2.45) is 7.05 Å². The molecule has 22 heavy (non-hydrogen) atoms. The Morgan fingerprint density at radius 2 is 2.18 bits per heavy atom. The highest BCUT2D eigenvalue weighted by Gasteiger charge is 2.24. The van der Waals surface area contributed by atoms with E-state index in [1.807, 2.05) is 42.1 Å². The number of piperidine rings is 1. The molecule has 0 spiro atoms. The second-order valence-corrected chi connectivity index (χ2v) is 6.16. The van der Waals surface area contributed by atoms with Gasteiger partial charge in [-0.2, -0.15) is 10.2 Å². The fraction of sp³-hybridized carbons (Fsp3) is 0.562. The van der Waals surface area contributed by atoms with E-state index >= 15 is 0 Å². The van der Waals surface area contributed by atoms with Crippen LogP contribution in [-0.2, 0) is 18.3 Å². The zero-order valence-corrected chi connectivity index (χ0v) is 13.3. The van der Waals surface area contributed by atoms with E-state index in [9.17, 15) is 4.79 Å². The fourth-order valence-corrected chi connectivity index (χ4v) is 3.04. The van der Waals surface area contributed by atoms with Gasteiger partial charge in [-0.3, -0.25) is 14.2 Å². The van der Waals surface area contributed by atoms with Gasteiger partial charge >= 0.3 is 0 Å². The summed E-state index contributed by atoms with van der Waals surface area (Å²) in [5, 5.41) is 8.54. The van der Waals surface area contributed by atoms with Crippen molar-refractivity contribution in [1.82, 2.24) is 24.5 Å². The summed E-state index contributed by atoms with van der Waals surface area (Å²) < 4.78 is 3.78. The van der Waals surface area contributed by atoms with Crippen LogP contribution < -0.4 is 0 Å². The fourth-order valence-electron chi connectivity index (χ4n) is 3.04. The molecule has 1 aliphatic rings. The van der Waals surface area contributed by atoms with Crippen molar-refractivity contribution in [2.75, 3.05) is 13.1 Å². The Morgan fingerprint density at radius 1 is 1.32 bits per heavy atom. The number of hydrogen-bond donors (Lipinski definition) is 0. The number of nitrogens with zero attached hydrogens (tertiary/aromatic N) is 5. The summed E-state index contributed by atoms with van der Waals surface area (Å²) in [5.74, 6) is 0.234. The van der Waals surface area contributed by atoms with Crippen LogP contribution >= 0.6 is 0 Å². The average Bonchev–Trinajstić information content (AvgIpc) is 3.13. The van der Waals surface area contributed by atoms with Gasteiger partial charge in [0, 0.05) is 39.0 Å². The standard InChI is InChI=1S/C16H23N5O/c1-13-8-18-21(10-13)15-4-3-7-20(12-15)16(22)6-5-14-9-17-19(2)11-14/h8-11,15H,3-7,12H2,1-2H3/t15-/m0/s1. The summed E-state index contributed by atoms with van der Waals surface area (Å²) in [6.07, 6.45) is 11.2. The molecule has 1 fully saturated rings. The van der Waals surface area contributed by atoms with Crippen LogP contribution in [0.3, 0.4) is 0 Å². The van der Waals surface area contributed by atoms with E-state index in [0.29, 0.717) is 12.5 Å². The number of aromatic nitrogens is 4. The summed E-state index contributed by atoms with van der Waals surface area (Å²) in [5.41, 5.74) is 2.28. The molecular formula is C16H23N5O. The van der Waals surface area contributed by atoms with Gasteiger partial charge in [0.2, 0.25) is 5.91 Å². The molecule has 6 nitrogen and oxygen atoms in total. The van der Waals surface area contributed by atoms with Crippen molar-refractivity contribution in [1.29, 1.82) is 0 Å². The van der Waals surface area contributed by atoms with Gasteiger partial charge in [0.1, 0.15) is 0 Å². The Bertz CT molecular complexity index is 645. The van der Waals surface area contributed by atoms with E-state index in [-0.39, 0.29) is 5.91 Å². The van der Waals surface area contributed by atoms with Crippen molar-refractivity contribution in [3.63, 3.8) is 0 Å². The van der Waals surface area contributed by atoms with Crippen LogP contribution in [0.25, 0.3) is 0 Å². The first-order valence-corrected chi connectivity index (χ1v) is 7.88. The summed E-state index contributed by atoms with van der Waals surface area (Å²) in [6.45, 7) is 3.68. The SMILES string of the molecule is Cc1cnn([C@H]2CCCN(C(=O)CCc3cnn(C)c3)C2)c1. The third kappa shape index (κ3) is 3.37. The molecule has 2 aromatic rings. The molecule has 1 amide bonds. The minimum atomic E-state index is 0.234. The highest BCUT2D eigenvalue weighted by Crippen LogP contribution is 2.22. The van der Waals surface area contributed by atoms with Crippen LogP contribution in [0.1, 0.15) is 36.4 Å². The molecule has 2 aromatic heterocycles. The maximum atomic E-state index is 12.4. The number of aryl methyl sites for hydroxylation is 3. The molecule has 0 N–H and O–H groups in total. The third-order valence-corrected chi connectivity index (χ3v) is 4.24. The number of likely N-dealkylation sites (tertiary alicyclic amines) is 1. The smallest absolute Gasteiger partial charge is 0.222 e. The monoisotopic (exact) mass is 301 g/mol. The average molecular weight is 301 g/mol. The number of carbonyl (C=O) groups is 1. The Balaban J connectivity index is 1.55. The summed E-state index contributed by atoms with van der Waals surface area (Å²) in [4.78, 5) is 14.4. The molecule has 1 aliphatic heterocycles. The van der Waals surface area contributed by atoms with Gasteiger partial charge < -0.3 is 4.90 Å². The van der Waals surface area contributed by atoms with Gasteiger partial charge in [0.15, 0.2) is 0 Å². The number of rotatable bonds is 4. The molecule has 118 valence electrons. The second kappa shape index (κ2) is 6.34. The van der Waals surface area contributed by atoms with Crippen LogP contribution in [-0.4, -0.2) is 43.5 Å². The molecule has 1 atom stereocenters. The molecule has 6 heteroatoms. The minimum Gasteiger partial charge on any atom is -0.341 e. The minimum absolute atomic E-state index is 0.234. The zero-order valence-electron chi connectivity index (χ0n) is 13.3. The lowest BCUT2D eigenvalue weighted by Gasteiger charge is -2.33. The van der Waals surface area contributed by atoms with E-state index < -0.39 is 0 Å². The maximum absolute atomic E-state index is 12.4. The molecule has 3 rings (SSSR count). The van der Waals surface area contributed by atoms with Gasteiger partial charge in [-0.1, -0.05) is 0 Å². The molecule has 0 saturated carbocycles. The van der Waals surface area contributed by atoms with Gasteiger partial charge in [-0.05, 0) is 37.3 Å². The van der Waals surface area contributed by atoms with Crippen molar-refractivity contribution in [3.8, 4) is 0 Å². The first kappa shape index (κ1) is 14.8. The topological polar surface area (TPSA) is 56.0 Å². The lowest BCUT2D eigenvalue weighted by atomic mass is 10.0. The Morgan fingerprint density at radius 3 is 2.86 bits per heavy atom. The van der Waals surface area contributed by atoms with Crippen LogP contribution in [0.2, 0.25) is 0 Å². The number of hydrogen-bond acceptors (Lipinski definition) is 3. The predicted molar refractivity (Wildman–Crippen MR) is 83.3 cm³/mol. The van der Waals surface area contributed by atoms with Crippen molar-refractivity contribution in [3.05, 3.63) is 35.9 Å². The van der Waals surface area contributed by atoms with E-state index in [1.54, 1.807) is 4.68 Å². The van der Waals surface area contributed by atoms with Crippen molar-refractivity contribution in [2.45, 2.75) is 38.6 Å². The molecule has 0 aliphatic carbocycles. The van der Waals surface area contributed by atoms with Gasteiger partial charge in [0.05, 0.1) is 18.4 Å². The van der Waals surface area contributed by atoms with E-state index in [4.69, 9.17) is 0 Å². The van der Waals surface area contributed by atoms with E-state index in [2.05, 4.69) is 16.4 Å². The lowest BCUT2D eigenvalue weighted by molar-refractivity contribution is -0.132. The highest BCUT2D eigenvalue weighted by molar-refractivity contribution is 5.76. The first-order valence-electron chi connectivity index (χ1n) is 7.88. The second-order valence-electron chi connectivity index (χ2n) is 6.16. The quantitative estimate of drug-likeness (QED) is 0.864.